The van der Waals surface area contributed by atoms with Crippen LogP contribution in [0.3, 0.4) is 0 Å². The summed E-state index contributed by atoms with van der Waals surface area (Å²) in [4.78, 5) is 12.6. The smallest absolute Gasteiger partial charge is 0.304 e. The number of Topliss-reactive ketones (excluding diaryl/α,β-unsaturated/α-hetero) is 1. The number of benzene rings is 3. The van der Waals surface area contributed by atoms with Crippen LogP contribution in [0.4, 0.5) is 0 Å². The van der Waals surface area contributed by atoms with Crippen molar-refractivity contribution < 1.29 is 35.2 Å². The third-order valence-corrected chi connectivity index (χ3v) is 12.7. The van der Waals surface area contributed by atoms with Gasteiger partial charge in [0, 0.05) is 16.1 Å². The van der Waals surface area contributed by atoms with Crippen LogP contribution in [0.5, 0.6) is 0 Å². The Kier molecular flexibility index (Phi) is 9.08. The van der Waals surface area contributed by atoms with Crippen molar-refractivity contribution in [3.8, 4) is 0 Å². The summed E-state index contributed by atoms with van der Waals surface area (Å²) in [6.07, 6.45) is -0.659. The Bertz CT molecular complexity index is 1790. The number of fused-ring (bicyclic) bond motifs is 1. The highest BCUT2D eigenvalue weighted by Gasteiger charge is 2.59. The van der Waals surface area contributed by atoms with Crippen molar-refractivity contribution in [1.29, 1.82) is 0 Å². The van der Waals surface area contributed by atoms with Gasteiger partial charge >= 0.3 is 7.60 Å². The second kappa shape index (κ2) is 11.8. The van der Waals surface area contributed by atoms with E-state index in [0.717, 1.165) is 11.6 Å². The number of aryl methyl sites for hydroxylation is 1. The quantitative estimate of drug-likeness (QED) is 0.250. The molecule has 0 saturated carbocycles. The molecule has 9 nitrogen and oxygen atoms in total. The normalized spacial score (nSPS) is 17.8. The standard InChI is InChI=1S/C29H31ClNO8PS2/c1-19(2)38-40(33,39-20(3)4)29(31-42(36,37)24-14-10-21(5)11-15-24)18-27(28(32)25-8-6-7-9-26(25)29)41(34,35)23-16-12-22(30)13-17-23/h6-20,31H,1-5H3. The van der Waals surface area contributed by atoms with Crippen molar-refractivity contribution in [3.05, 3.63) is 105 Å². The Hall–Kier alpha value is -2.63. The molecule has 1 atom stereocenters. The number of halogens is 1. The summed E-state index contributed by atoms with van der Waals surface area (Å²) in [5.74, 6) is -0.911. The summed E-state index contributed by atoms with van der Waals surface area (Å²) in [5, 5.41) is -2.20. The van der Waals surface area contributed by atoms with Gasteiger partial charge in [-0.3, -0.25) is 9.36 Å². The molecule has 1 N–H and O–H groups in total. The van der Waals surface area contributed by atoms with Crippen LogP contribution >= 0.6 is 19.2 Å². The molecule has 4 rings (SSSR count). The molecule has 0 fully saturated rings. The van der Waals surface area contributed by atoms with Crippen LogP contribution in [0.1, 0.15) is 49.2 Å². The van der Waals surface area contributed by atoms with E-state index in [1.165, 1.54) is 60.7 Å². The van der Waals surface area contributed by atoms with Crippen molar-refractivity contribution >= 4 is 44.8 Å². The summed E-state index contributed by atoms with van der Waals surface area (Å²) < 4.78 is 85.2. The van der Waals surface area contributed by atoms with E-state index < -0.39 is 55.6 Å². The Labute approximate surface area is 251 Å². The first-order valence-corrected chi connectivity index (χ1v) is 17.9. The van der Waals surface area contributed by atoms with E-state index in [9.17, 15) is 21.6 Å². The molecule has 0 heterocycles. The Morgan fingerprint density at radius 3 is 1.88 bits per heavy atom. The van der Waals surface area contributed by atoms with Crippen LogP contribution < -0.4 is 4.72 Å². The van der Waals surface area contributed by atoms with Crippen LogP contribution in [0.15, 0.2) is 93.6 Å². The number of carbonyl (C=O) groups excluding carboxylic acids is 1. The van der Waals surface area contributed by atoms with Crippen LogP contribution in [0.25, 0.3) is 0 Å². The summed E-state index contributed by atoms with van der Waals surface area (Å²) in [6, 6.07) is 16.8. The highest BCUT2D eigenvalue weighted by molar-refractivity contribution is 7.96. The molecule has 0 aromatic heterocycles. The highest BCUT2D eigenvalue weighted by Crippen LogP contribution is 2.68. The lowest BCUT2D eigenvalue weighted by molar-refractivity contribution is 0.103. The fraction of sp³-hybridized carbons (Fsp3) is 0.276. The number of nitrogens with one attached hydrogen (secondary N) is 1. The molecule has 1 unspecified atom stereocenters. The van der Waals surface area contributed by atoms with Crippen LogP contribution in [-0.2, 0) is 38.8 Å². The molecule has 3 aromatic carbocycles. The van der Waals surface area contributed by atoms with Gasteiger partial charge in [0.15, 0.2) is 5.28 Å². The van der Waals surface area contributed by atoms with E-state index >= 15 is 4.57 Å². The molecule has 0 bridgehead atoms. The van der Waals surface area contributed by atoms with Crippen LogP contribution in [0.2, 0.25) is 5.02 Å². The van der Waals surface area contributed by atoms with E-state index in [-0.39, 0.29) is 25.9 Å². The van der Waals surface area contributed by atoms with Gasteiger partial charge in [0.25, 0.3) is 0 Å². The van der Waals surface area contributed by atoms with Gasteiger partial charge in [-0.15, -0.1) is 0 Å². The largest absolute Gasteiger partial charge is 0.360 e. The number of allylic oxidation sites excluding steroid dienone is 1. The zero-order valence-corrected chi connectivity index (χ0v) is 26.9. The lowest BCUT2D eigenvalue weighted by Crippen LogP contribution is -2.49. The first-order chi connectivity index (χ1) is 19.5. The van der Waals surface area contributed by atoms with Gasteiger partial charge in [-0.25, -0.2) is 16.8 Å². The number of hydrogen-bond donors (Lipinski definition) is 1. The number of sulfonamides is 1. The van der Waals surface area contributed by atoms with E-state index in [4.69, 9.17) is 20.6 Å². The van der Waals surface area contributed by atoms with E-state index in [1.807, 2.05) is 0 Å². The molecule has 0 spiro atoms. The van der Waals surface area contributed by atoms with Crippen molar-refractivity contribution in [1.82, 2.24) is 4.72 Å². The highest BCUT2D eigenvalue weighted by atomic mass is 35.5. The molecule has 224 valence electrons. The lowest BCUT2D eigenvalue weighted by Gasteiger charge is -2.42. The number of sulfone groups is 1. The first kappa shape index (κ1) is 32.3. The minimum atomic E-state index is -4.73. The van der Waals surface area contributed by atoms with Crippen LogP contribution in [-0.4, -0.2) is 34.8 Å². The summed E-state index contributed by atoms with van der Waals surface area (Å²) >= 11 is 5.96. The summed E-state index contributed by atoms with van der Waals surface area (Å²) in [7, 11) is -13.9. The molecule has 1 aliphatic carbocycles. The third-order valence-electron chi connectivity index (χ3n) is 6.31. The molecule has 0 radical (unpaired) electrons. The molecule has 0 aliphatic heterocycles. The Morgan fingerprint density at radius 1 is 0.810 bits per heavy atom. The molecular formula is C29H31ClNO8PS2. The minimum Gasteiger partial charge on any atom is -0.304 e. The summed E-state index contributed by atoms with van der Waals surface area (Å²) in [6.45, 7) is 8.09. The molecule has 42 heavy (non-hydrogen) atoms. The van der Waals surface area contributed by atoms with E-state index in [1.54, 1.807) is 46.8 Å². The molecular weight excluding hydrogens is 621 g/mol. The second-order valence-electron chi connectivity index (χ2n) is 10.3. The predicted molar refractivity (Wildman–Crippen MR) is 161 cm³/mol. The fourth-order valence-electron chi connectivity index (χ4n) is 4.51. The number of hydrogen-bond acceptors (Lipinski definition) is 8. The molecule has 0 saturated heterocycles. The molecule has 0 amide bonds. The van der Waals surface area contributed by atoms with Crippen molar-refractivity contribution in [2.24, 2.45) is 0 Å². The number of rotatable bonds is 10. The van der Waals surface area contributed by atoms with Gasteiger partial charge in [-0.2, -0.15) is 4.72 Å². The van der Waals surface area contributed by atoms with Gasteiger partial charge < -0.3 is 9.05 Å². The number of ketones is 1. The Balaban J connectivity index is 2.13. The zero-order valence-electron chi connectivity index (χ0n) is 23.6. The Morgan fingerprint density at radius 2 is 1.33 bits per heavy atom. The molecule has 3 aromatic rings. The molecule has 1 aliphatic rings. The third kappa shape index (κ3) is 6.05. The predicted octanol–water partition coefficient (Wildman–Crippen LogP) is 6.38. The van der Waals surface area contributed by atoms with Crippen molar-refractivity contribution in [2.75, 3.05) is 0 Å². The van der Waals surface area contributed by atoms with Gasteiger partial charge in [0.1, 0.15) is 4.91 Å². The fourth-order valence-corrected chi connectivity index (χ4v) is 10.4. The first-order valence-electron chi connectivity index (χ1n) is 13.0. The van der Waals surface area contributed by atoms with Gasteiger partial charge in [-0.1, -0.05) is 53.6 Å². The number of carbonyl (C=O) groups is 1. The van der Waals surface area contributed by atoms with E-state index in [2.05, 4.69) is 4.72 Å². The van der Waals surface area contributed by atoms with E-state index in [0.29, 0.717) is 0 Å². The van der Waals surface area contributed by atoms with Crippen molar-refractivity contribution in [3.63, 3.8) is 0 Å². The lowest BCUT2D eigenvalue weighted by atomic mass is 9.92. The monoisotopic (exact) mass is 651 g/mol. The minimum absolute atomic E-state index is 0.0784. The average Bonchev–Trinajstić information content (AvgIpc) is 2.89. The maximum absolute atomic E-state index is 15.1. The average molecular weight is 652 g/mol. The van der Waals surface area contributed by atoms with Gasteiger partial charge in [-0.05, 0) is 77.1 Å². The van der Waals surface area contributed by atoms with Crippen molar-refractivity contribution in [2.45, 2.75) is 61.9 Å². The molecule has 13 heteroatoms. The van der Waals surface area contributed by atoms with Crippen LogP contribution in [0, 0.1) is 6.92 Å². The van der Waals surface area contributed by atoms with Gasteiger partial charge in [0.2, 0.25) is 25.6 Å². The topological polar surface area (TPSA) is 133 Å². The summed E-state index contributed by atoms with van der Waals surface area (Å²) in [5.41, 5.74) is 0.537. The maximum Gasteiger partial charge on any atom is 0.360 e. The maximum atomic E-state index is 15.1. The zero-order chi connectivity index (χ0) is 31.1. The SMILES string of the molecule is Cc1ccc(S(=O)(=O)NC2(P(=O)(OC(C)C)OC(C)C)C=C(S(=O)(=O)c3ccc(Cl)cc3)C(=O)c3ccccc32)cc1. The second-order valence-corrected chi connectivity index (χ2v) is 16.5. The van der Waals surface area contributed by atoms with Gasteiger partial charge in [0.05, 0.1) is 22.0 Å².